The quantitative estimate of drug-likeness (QED) is 0.843. The fraction of sp³-hybridized carbons (Fsp3) is 0.500. The van der Waals surface area contributed by atoms with Crippen molar-refractivity contribution < 1.29 is 9.26 Å². The molecular weight excluding hydrogens is 306 g/mol. The summed E-state index contributed by atoms with van der Waals surface area (Å²) in [6, 6.07) is 10.2. The van der Waals surface area contributed by atoms with Crippen LogP contribution >= 0.6 is 0 Å². The van der Waals surface area contributed by atoms with Gasteiger partial charge in [0.1, 0.15) is 0 Å². The first-order chi connectivity index (χ1) is 11.7. The Kier molecular flexibility index (Phi) is 4.81. The second-order valence-corrected chi connectivity index (χ2v) is 6.35. The predicted molar refractivity (Wildman–Crippen MR) is 88.3 cm³/mol. The van der Waals surface area contributed by atoms with Crippen LogP contribution in [0.15, 0.2) is 33.6 Å². The molecule has 1 aromatic heterocycles. The van der Waals surface area contributed by atoms with Gasteiger partial charge in [-0.25, -0.2) is 4.79 Å². The van der Waals surface area contributed by atoms with E-state index in [4.69, 9.17) is 9.26 Å². The van der Waals surface area contributed by atoms with E-state index in [9.17, 15) is 10.1 Å². The van der Waals surface area contributed by atoms with Gasteiger partial charge in [0, 0.05) is 25.3 Å². The molecule has 1 saturated heterocycles. The van der Waals surface area contributed by atoms with Crippen LogP contribution in [0.25, 0.3) is 11.4 Å². The molecule has 1 aliphatic heterocycles. The van der Waals surface area contributed by atoms with Crippen molar-refractivity contribution >= 4 is 0 Å². The van der Waals surface area contributed by atoms with Crippen molar-refractivity contribution in [2.75, 3.05) is 13.2 Å². The zero-order valence-electron chi connectivity index (χ0n) is 13.8. The maximum Gasteiger partial charge on any atom is 0.441 e. The van der Waals surface area contributed by atoms with Crippen molar-refractivity contribution in [1.82, 2.24) is 9.72 Å². The fourth-order valence-corrected chi connectivity index (χ4v) is 3.24. The molecule has 0 radical (unpaired) electrons. The molecular formula is C18H21N3O3. The highest BCUT2D eigenvalue weighted by atomic mass is 16.5. The molecule has 0 amide bonds. The molecule has 1 fully saturated rings. The van der Waals surface area contributed by atoms with Gasteiger partial charge in [0.05, 0.1) is 11.5 Å². The lowest BCUT2D eigenvalue weighted by Gasteiger charge is -2.30. The van der Waals surface area contributed by atoms with Crippen LogP contribution in [0.1, 0.15) is 31.2 Å². The molecule has 3 rings (SSSR count). The maximum atomic E-state index is 12.0. The van der Waals surface area contributed by atoms with Gasteiger partial charge in [-0.2, -0.15) is 5.26 Å². The molecule has 1 aromatic carbocycles. The van der Waals surface area contributed by atoms with E-state index in [2.05, 4.69) is 11.2 Å². The minimum atomic E-state index is -0.453. The normalized spacial score (nSPS) is 16.7. The zero-order chi connectivity index (χ0) is 17.0. The van der Waals surface area contributed by atoms with E-state index in [1.54, 1.807) is 4.57 Å². The SMILES string of the molecule is Cc1ccccc1-c1noc(=O)n1CCCC1(C#N)CCOCC1. The third kappa shape index (κ3) is 3.26. The number of hydrogen-bond acceptors (Lipinski definition) is 5. The lowest BCUT2D eigenvalue weighted by Crippen LogP contribution is -2.28. The fourth-order valence-electron chi connectivity index (χ4n) is 3.24. The van der Waals surface area contributed by atoms with Crippen LogP contribution in [0, 0.1) is 23.7 Å². The van der Waals surface area contributed by atoms with E-state index in [1.165, 1.54) is 0 Å². The van der Waals surface area contributed by atoms with Crippen LogP contribution in [-0.2, 0) is 11.3 Å². The van der Waals surface area contributed by atoms with Crippen LogP contribution in [0.2, 0.25) is 0 Å². The largest absolute Gasteiger partial charge is 0.441 e. The average Bonchev–Trinajstić information content (AvgIpc) is 2.97. The molecule has 6 heteroatoms. The topological polar surface area (TPSA) is 81.0 Å². The number of hydrogen-bond donors (Lipinski definition) is 0. The highest BCUT2D eigenvalue weighted by Gasteiger charge is 2.32. The van der Waals surface area contributed by atoms with E-state index >= 15 is 0 Å². The first-order valence-electron chi connectivity index (χ1n) is 8.27. The summed E-state index contributed by atoms with van der Waals surface area (Å²) < 4.78 is 11.8. The molecule has 24 heavy (non-hydrogen) atoms. The second-order valence-electron chi connectivity index (χ2n) is 6.35. The van der Waals surface area contributed by atoms with Crippen molar-refractivity contribution in [3.63, 3.8) is 0 Å². The van der Waals surface area contributed by atoms with E-state index in [0.717, 1.165) is 36.8 Å². The summed E-state index contributed by atoms with van der Waals surface area (Å²) in [7, 11) is 0. The van der Waals surface area contributed by atoms with Crippen LogP contribution in [-0.4, -0.2) is 22.9 Å². The number of nitriles is 1. The second kappa shape index (κ2) is 7.02. The lowest BCUT2D eigenvalue weighted by molar-refractivity contribution is 0.0356. The van der Waals surface area contributed by atoms with Gasteiger partial charge in [-0.3, -0.25) is 9.09 Å². The molecule has 6 nitrogen and oxygen atoms in total. The standard InChI is InChI=1S/C18H21N3O3/c1-14-5-2-3-6-15(14)16-20-24-17(22)21(16)10-4-7-18(13-19)8-11-23-12-9-18/h2-3,5-6H,4,7-12H2,1H3. The smallest absolute Gasteiger partial charge is 0.381 e. The molecule has 0 bridgehead atoms. The van der Waals surface area contributed by atoms with E-state index in [0.29, 0.717) is 25.6 Å². The van der Waals surface area contributed by atoms with Gasteiger partial charge in [-0.05, 0) is 38.2 Å². The van der Waals surface area contributed by atoms with E-state index < -0.39 is 5.76 Å². The Bertz CT molecular complexity index is 794. The number of rotatable bonds is 5. The number of benzene rings is 1. The number of nitrogens with zero attached hydrogens (tertiary/aromatic N) is 3. The molecule has 126 valence electrons. The summed E-state index contributed by atoms with van der Waals surface area (Å²) in [6.07, 6.45) is 2.99. The molecule has 0 aliphatic carbocycles. The number of aromatic nitrogens is 2. The molecule has 2 aromatic rings. The molecule has 0 saturated carbocycles. The highest BCUT2D eigenvalue weighted by molar-refractivity contribution is 5.59. The van der Waals surface area contributed by atoms with Gasteiger partial charge in [0.2, 0.25) is 0 Å². The van der Waals surface area contributed by atoms with Gasteiger partial charge in [0.25, 0.3) is 0 Å². The molecule has 1 aliphatic rings. The summed E-state index contributed by atoms with van der Waals surface area (Å²) >= 11 is 0. The van der Waals surface area contributed by atoms with Gasteiger partial charge < -0.3 is 4.74 Å². The van der Waals surface area contributed by atoms with Gasteiger partial charge >= 0.3 is 5.76 Å². The summed E-state index contributed by atoms with van der Waals surface area (Å²) in [5, 5.41) is 13.5. The first-order valence-corrected chi connectivity index (χ1v) is 8.27. The predicted octanol–water partition coefficient (Wildman–Crippen LogP) is 2.91. The van der Waals surface area contributed by atoms with Crippen LogP contribution in [0.4, 0.5) is 0 Å². The Labute approximate surface area is 140 Å². The molecule has 0 N–H and O–H groups in total. The zero-order valence-corrected chi connectivity index (χ0v) is 13.8. The van der Waals surface area contributed by atoms with E-state index in [1.807, 2.05) is 31.2 Å². The first kappa shape index (κ1) is 16.5. The summed E-state index contributed by atoms with van der Waals surface area (Å²) in [5.41, 5.74) is 1.60. The Morgan fingerprint density at radius 3 is 2.79 bits per heavy atom. The summed E-state index contributed by atoms with van der Waals surface area (Å²) in [6.45, 7) is 3.74. The summed E-state index contributed by atoms with van der Waals surface area (Å²) in [4.78, 5) is 12.0. The Morgan fingerprint density at radius 1 is 1.33 bits per heavy atom. The Balaban J connectivity index is 1.75. The van der Waals surface area contributed by atoms with Crippen molar-refractivity contribution in [2.24, 2.45) is 5.41 Å². The molecule has 0 spiro atoms. The number of aryl methyl sites for hydroxylation is 1. The molecule has 0 atom stereocenters. The third-order valence-corrected chi connectivity index (χ3v) is 4.80. The van der Waals surface area contributed by atoms with Crippen LogP contribution in [0.3, 0.4) is 0 Å². The van der Waals surface area contributed by atoms with Gasteiger partial charge in [-0.15, -0.1) is 0 Å². The minimum Gasteiger partial charge on any atom is -0.381 e. The average molecular weight is 327 g/mol. The van der Waals surface area contributed by atoms with Gasteiger partial charge in [-0.1, -0.05) is 29.4 Å². The van der Waals surface area contributed by atoms with E-state index in [-0.39, 0.29) is 5.41 Å². The minimum absolute atomic E-state index is 0.331. The Hall–Kier alpha value is -2.39. The lowest BCUT2D eigenvalue weighted by atomic mass is 9.78. The van der Waals surface area contributed by atoms with Crippen LogP contribution in [0.5, 0.6) is 0 Å². The summed E-state index contributed by atoms with van der Waals surface area (Å²) in [5.74, 6) is 0.0994. The van der Waals surface area contributed by atoms with Crippen LogP contribution < -0.4 is 5.76 Å². The Morgan fingerprint density at radius 2 is 2.08 bits per heavy atom. The van der Waals surface area contributed by atoms with Crippen molar-refractivity contribution in [3.8, 4) is 17.5 Å². The highest BCUT2D eigenvalue weighted by Crippen LogP contribution is 2.34. The third-order valence-electron chi connectivity index (χ3n) is 4.80. The molecule has 2 heterocycles. The number of ether oxygens (including phenoxy) is 1. The van der Waals surface area contributed by atoms with Crippen molar-refractivity contribution in [1.29, 1.82) is 5.26 Å². The molecule has 0 unspecified atom stereocenters. The van der Waals surface area contributed by atoms with Crippen molar-refractivity contribution in [3.05, 3.63) is 40.4 Å². The van der Waals surface area contributed by atoms with Crippen molar-refractivity contribution in [2.45, 2.75) is 39.2 Å². The monoisotopic (exact) mass is 327 g/mol. The van der Waals surface area contributed by atoms with Gasteiger partial charge in [0.15, 0.2) is 5.82 Å². The maximum absolute atomic E-state index is 12.0.